The number of phenols is 1. The summed E-state index contributed by atoms with van der Waals surface area (Å²) in [5.41, 5.74) is 3.74. The Kier molecular flexibility index (Phi) is 4.36. The lowest BCUT2D eigenvalue weighted by Crippen LogP contribution is -2.16. The summed E-state index contributed by atoms with van der Waals surface area (Å²) in [6, 6.07) is 5.06. The van der Waals surface area contributed by atoms with Gasteiger partial charge in [-0.25, -0.2) is 4.98 Å². The van der Waals surface area contributed by atoms with Crippen molar-refractivity contribution in [3.05, 3.63) is 45.4 Å². The molecule has 0 radical (unpaired) electrons. The van der Waals surface area contributed by atoms with Crippen LogP contribution in [0.5, 0.6) is 5.75 Å². The van der Waals surface area contributed by atoms with Gasteiger partial charge in [0.2, 0.25) is 0 Å². The maximum absolute atomic E-state index is 9.61. The van der Waals surface area contributed by atoms with E-state index in [9.17, 15) is 5.11 Å². The van der Waals surface area contributed by atoms with E-state index in [0.717, 1.165) is 24.2 Å². The smallest absolute Gasteiger partial charge is 0.120 e. The summed E-state index contributed by atoms with van der Waals surface area (Å²) in [7, 11) is 0. The van der Waals surface area contributed by atoms with Crippen molar-refractivity contribution < 1.29 is 5.11 Å². The average molecular weight is 269 g/mol. The summed E-state index contributed by atoms with van der Waals surface area (Å²) in [6.45, 7) is 1.44. The maximum atomic E-state index is 9.61. The Bertz CT molecular complexity index is 473. The molecule has 0 bridgehead atoms. The molecule has 3 nitrogen and oxygen atoms in total. The third-order valence-electron chi connectivity index (χ3n) is 2.40. The normalized spacial score (nSPS) is 10.6. The fraction of sp³-hybridized carbons (Fsp3) is 0.250. The molecule has 5 heteroatoms. The quantitative estimate of drug-likeness (QED) is 0.820. The zero-order valence-electron chi connectivity index (χ0n) is 9.19. The number of benzene rings is 1. The lowest BCUT2D eigenvalue weighted by atomic mass is 10.2. The fourth-order valence-corrected chi connectivity index (χ4v) is 2.28. The first-order valence-electron chi connectivity index (χ1n) is 5.31. The highest BCUT2D eigenvalue weighted by Crippen LogP contribution is 2.20. The van der Waals surface area contributed by atoms with Crippen molar-refractivity contribution in [2.24, 2.45) is 0 Å². The van der Waals surface area contributed by atoms with Crippen LogP contribution in [0, 0.1) is 0 Å². The molecule has 90 valence electrons. The van der Waals surface area contributed by atoms with Gasteiger partial charge >= 0.3 is 0 Å². The third kappa shape index (κ3) is 3.70. The molecule has 17 heavy (non-hydrogen) atoms. The number of halogens is 1. The van der Waals surface area contributed by atoms with Crippen LogP contribution in [0.1, 0.15) is 11.3 Å². The molecule has 0 aliphatic rings. The lowest BCUT2D eigenvalue weighted by Gasteiger charge is -2.06. The summed E-state index contributed by atoms with van der Waals surface area (Å²) in [4.78, 5) is 4.20. The molecule has 2 aromatic rings. The van der Waals surface area contributed by atoms with Crippen LogP contribution in [-0.2, 0) is 13.0 Å². The average Bonchev–Trinajstić information content (AvgIpc) is 2.82. The van der Waals surface area contributed by atoms with Gasteiger partial charge in [0.15, 0.2) is 0 Å². The first-order chi connectivity index (χ1) is 8.25. The Morgan fingerprint density at radius 2 is 2.29 bits per heavy atom. The molecule has 1 aromatic carbocycles. The van der Waals surface area contributed by atoms with Crippen LogP contribution in [0.3, 0.4) is 0 Å². The van der Waals surface area contributed by atoms with E-state index >= 15 is 0 Å². The van der Waals surface area contributed by atoms with E-state index < -0.39 is 0 Å². The van der Waals surface area contributed by atoms with E-state index in [1.54, 1.807) is 29.5 Å². The first kappa shape index (κ1) is 12.4. The van der Waals surface area contributed by atoms with Gasteiger partial charge in [0.1, 0.15) is 5.75 Å². The molecule has 0 spiro atoms. The lowest BCUT2D eigenvalue weighted by molar-refractivity contribution is 0.464. The molecule has 0 aliphatic carbocycles. The molecule has 0 saturated carbocycles. The van der Waals surface area contributed by atoms with E-state index in [2.05, 4.69) is 10.3 Å². The van der Waals surface area contributed by atoms with Crippen LogP contribution < -0.4 is 5.32 Å². The molecule has 0 atom stereocenters. The highest BCUT2D eigenvalue weighted by molar-refractivity contribution is 7.07. The van der Waals surface area contributed by atoms with Crippen LogP contribution in [0.2, 0.25) is 5.02 Å². The van der Waals surface area contributed by atoms with Gasteiger partial charge in [-0.3, -0.25) is 0 Å². The Morgan fingerprint density at radius 1 is 1.41 bits per heavy atom. The van der Waals surface area contributed by atoms with Crippen molar-refractivity contribution in [1.29, 1.82) is 0 Å². The van der Waals surface area contributed by atoms with Gasteiger partial charge in [0, 0.05) is 35.5 Å². The molecule has 2 N–H and O–H groups in total. The highest BCUT2D eigenvalue weighted by Gasteiger charge is 2.01. The predicted molar refractivity (Wildman–Crippen MR) is 70.6 cm³/mol. The zero-order chi connectivity index (χ0) is 12.1. The van der Waals surface area contributed by atoms with Gasteiger partial charge in [-0.05, 0) is 18.2 Å². The molecule has 0 unspecified atom stereocenters. The maximum Gasteiger partial charge on any atom is 0.120 e. The minimum Gasteiger partial charge on any atom is -0.508 e. The zero-order valence-corrected chi connectivity index (χ0v) is 10.8. The van der Waals surface area contributed by atoms with Crippen molar-refractivity contribution in [2.45, 2.75) is 13.0 Å². The molecule has 0 aliphatic heterocycles. The Hall–Kier alpha value is -1.10. The largest absolute Gasteiger partial charge is 0.508 e. The molecule has 0 fully saturated rings. The van der Waals surface area contributed by atoms with Gasteiger partial charge in [0.05, 0.1) is 11.2 Å². The molecule has 2 rings (SSSR count). The van der Waals surface area contributed by atoms with Crippen molar-refractivity contribution in [3.8, 4) is 5.75 Å². The van der Waals surface area contributed by atoms with Crippen LogP contribution in [0.25, 0.3) is 0 Å². The summed E-state index contributed by atoms with van der Waals surface area (Å²) < 4.78 is 0. The van der Waals surface area contributed by atoms with Crippen LogP contribution in [0.4, 0.5) is 0 Å². The van der Waals surface area contributed by atoms with Gasteiger partial charge in [-0.15, -0.1) is 11.3 Å². The fourth-order valence-electron chi connectivity index (χ4n) is 1.50. The van der Waals surface area contributed by atoms with Crippen LogP contribution in [0.15, 0.2) is 29.1 Å². The topological polar surface area (TPSA) is 45.1 Å². The second kappa shape index (κ2) is 6.00. The Morgan fingerprint density at radius 3 is 3.06 bits per heavy atom. The standard InChI is InChI=1S/C12H13ClN2OS/c13-10-1-2-12(16)9(5-10)6-14-4-3-11-7-17-8-15-11/h1-2,5,7-8,14,16H,3-4,6H2. The molecule has 0 amide bonds. The minimum atomic E-state index is 0.274. The predicted octanol–water partition coefficient (Wildman–Crippen LogP) is 2.83. The SMILES string of the molecule is Oc1ccc(Cl)cc1CNCCc1cscn1. The number of rotatable bonds is 5. The third-order valence-corrected chi connectivity index (χ3v) is 3.27. The number of hydrogen-bond acceptors (Lipinski definition) is 4. The molecule has 1 aromatic heterocycles. The van der Waals surface area contributed by atoms with Crippen molar-refractivity contribution in [2.75, 3.05) is 6.54 Å². The minimum absolute atomic E-state index is 0.274. The number of nitrogens with one attached hydrogen (secondary N) is 1. The van der Waals surface area contributed by atoms with Crippen LogP contribution >= 0.6 is 22.9 Å². The number of phenolic OH excluding ortho intramolecular Hbond substituents is 1. The van der Waals surface area contributed by atoms with Crippen LogP contribution in [-0.4, -0.2) is 16.6 Å². The summed E-state index contributed by atoms with van der Waals surface area (Å²) in [6.07, 6.45) is 0.894. The number of thiazole rings is 1. The highest BCUT2D eigenvalue weighted by atomic mass is 35.5. The summed E-state index contributed by atoms with van der Waals surface area (Å²) >= 11 is 7.47. The number of nitrogens with zero attached hydrogens (tertiary/aromatic N) is 1. The van der Waals surface area contributed by atoms with E-state index in [1.807, 2.05) is 10.9 Å². The van der Waals surface area contributed by atoms with E-state index in [-0.39, 0.29) is 5.75 Å². The van der Waals surface area contributed by atoms with E-state index in [4.69, 9.17) is 11.6 Å². The van der Waals surface area contributed by atoms with Crippen molar-refractivity contribution in [3.63, 3.8) is 0 Å². The summed E-state index contributed by atoms with van der Waals surface area (Å²) in [5, 5.41) is 15.5. The second-order valence-electron chi connectivity index (χ2n) is 3.68. The van der Waals surface area contributed by atoms with Gasteiger partial charge in [0.25, 0.3) is 0 Å². The van der Waals surface area contributed by atoms with Gasteiger partial charge < -0.3 is 10.4 Å². The summed E-state index contributed by atoms with van der Waals surface area (Å²) in [5.74, 6) is 0.274. The van der Waals surface area contributed by atoms with Gasteiger partial charge in [-0.1, -0.05) is 11.6 Å². The number of aromatic nitrogens is 1. The molecule has 1 heterocycles. The van der Waals surface area contributed by atoms with Gasteiger partial charge in [-0.2, -0.15) is 0 Å². The molecular formula is C12H13ClN2OS. The van der Waals surface area contributed by atoms with Crippen molar-refractivity contribution in [1.82, 2.24) is 10.3 Å². The number of hydrogen-bond donors (Lipinski definition) is 2. The van der Waals surface area contributed by atoms with E-state index in [0.29, 0.717) is 11.6 Å². The Balaban J connectivity index is 1.80. The Labute approximate surface area is 109 Å². The molecular weight excluding hydrogens is 256 g/mol. The second-order valence-corrected chi connectivity index (χ2v) is 4.83. The monoisotopic (exact) mass is 268 g/mol. The van der Waals surface area contributed by atoms with Crippen molar-refractivity contribution >= 4 is 22.9 Å². The van der Waals surface area contributed by atoms with E-state index in [1.165, 1.54) is 0 Å². The molecule has 0 saturated heterocycles. The number of aromatic hydroxyl groups is 1. The first-order valence-corrected chi connectivity index (χ1v) is 6.63.